The Bertz CT molecular complexity index is 497. The fourth-order valence-electron chi connectivity index (χ4n) is 1.87. The molecule has 0 atom stereocenters. The highest BCUT2D eigenvalue weighted by molar-refractivity contribution is 8.04. The van der Waals surface area contributed by atoms with E-state index < -0.39 is 0 Å². The Hall–Kier alpha value is -1.42. The van der Waals surface area contributed by atoms with E-state index in [1.807, 2.05) is 31.3 Å². The van der Waals surface area contributed by atoms with Crippen LogP contribution in [-0.2, 0) is 0 Å². The molecular formula is C15H19NO2S. The monoisotopic (exact) mass is 277 g/mol. The van der Waals surface area contributed by atoms with E-state index in [0.717, 1.165) is 40.5 Å². The number of allylic oxidation sites excluding steroid dienone is 1. The average molecular weight is 277 g/mol. The van der Waals surface area contributed by atoms with E-state index in [1.165, 1.54) is 11.8 Å². The van der Waals surface area contributed by atoms with Crippen molar-refractivity contribution in [3.63, 3.8) is 0 Å². The molecule has 0 bridgehead atoms. The van der Waals surface area contributed by atoms with Gasteiger partial charge >= 0.3 is 0 Å². The van der Waals surface area contributed by atoms with Crippen LogP contribution in [0.15, 0.2) is 34.2 Å². The zero-order chi connectivity index (χ0) is 13.7. The Morgan fingerprint density at radius 2 is 2.21 bits per heavy atom. The smallest absolute Gasteiger partial charge is 0.202 e. The third kappa shape index (κ3) is 3.32. The summed E-state index contributed by atoms with van der Waals surface area (Å²) < 4.78 is 5.43. The van der Waals surface area contributed by atoms with Crippen LogP contribution in [0.1, 0.15) is 37.0 Å². The van der Waals surface area contributed by atoms with Gasteiger partial charge in [-0.05, 0) is 31.5 Å². The summed E-state index contributed by atoms with van der Waals surface area (Å²) in [5.74, 6) is 0.848. The van der Waals surface area contributed by atoms with Crippen LogP contribution in [0.3, 0.4) is 0 Å². The highest BCUT2D eigenvalue weighted by Crippen LogP contribution is 2.40. The fraction of sp³-hybridized carbons (Fsp3) is 0.400. The van der Waals surface area contributed by atoms with E-state index in [1.54, 1.807) is 0 Å². The molecule has 0 spiro atoms. The molecule has 0 aromatic heterocycles. The van der Waals surface area contributed by atoms with Gasteiger partial charge in [-0.15, -0.1) is 0 Å². The van der Waals surface area contributed by atoms with Gasteiger partial charge in [-0.1, -0.05) is 25.1 Å². The van der Waals surface area contributed by atoms with Crippen LogP contribution < -0.4 is 10.1 Å². The number of carbonyl (C=O) groups is 1. The van der Waals surface area contributed by atoms with E-state index in [9.17, 15) is 4.79 Å². The van der Waals surface area contributed by atoms with Gasteiger partial charge < -0.3 is 10.1 Å². The fourth-order valence-corrected chi connectivity index (χ4v) is 2.85. The third-order valence-electron chi connectivity index (χ3n) is 2.86. The average Bonchev–Trinajstić information content (AvgIpc) is 2.72. The number of ketones is 1. The SMILES string of the molecule is CCCCNC=C1Sc2ccc(OCC)cc2C1=O. The number of ether oxygens (including phenoxy) is 1. The van der Waals surface area contributed by atoms with Crippen LogP contribution in [-0.4, -0.2) is 18.9 Å². The minimum Gasteiger partial charge on any atom is -0.494 e. The van der Waals surface area contributed by atoms with Crippen molar-refractivity contribution in [1.29, 1.82) is 0 Å². The molecule has 0 unspecified atom stereocenters. The van der Waals surface area contributed by atoms with Crippen molar-refractivity contribution in [2.24, 2.45) is 0 Å². The van der Waals surface area contributed by atoms with Gasteiger partial charge in [0.25, 0.3) is 0 Å². The number of Topliss-reactive ketones (excluding diaryl/α,β-unsaturated/α-hetero) is 1. The van der Waals surface area contributed by atoms with Gasteiger partial charge in [-0.25, -0.2) is 0 Å². The molecule has 2 rings (SSSR count). The van der Waals surface area contributed by atoms with E-state index in [-0.39, 0.29) is 5.78 Å². The minimum atomic E-state index is 0.0885. The second-order valence-corrected chi connectivity index (χ2v) is 5.42. The second kappa shape index (κ2) is 6.66. The lowest BCUT2D eigenvalue weighted by atomic mass is 10.1. The Morgan fingerprint density at radius 3 is 2.95 bits per heavy atom. The lowest BCUT2D eigenvalue weighted by Gasteiger charge is -2.03. The van der Waals surface area contributed by atoms with Crippen molar-refractivity contribution in [2.45, 2.75) is 31.6 Å². The molecular weight excluding hydrogens is 258 g/mol. The zero-order valence-electron chi connectivity index (χ0n) is 11.4. The number of hydrogen-bond acceptors (Lipinski definition) is 4. The van der Waals surface area contributed by atoms with Gasteiger partial charge in [0.2, 0.25) is 5.78 Å². The highest BCUT2D eigenvalue weighted by atomic mass is 32.2. The molecule has 0 fully saturated rings. The van der Waals surface area contributed by atoms with Crippen LogP contribution in [0.5, 0.6) is 5.75 Å². The second-order valence-electron chi connectivity index (χ2n) is 4.34. The maximum atomic E-state index is 12.2. The summed E-state index contributed by atoms with van der Waals surface area (Å²) in [7, 11) is 0. The van der Waals surface area contributed by atoms with Crippen molar-refractivity contribution in [3.05, 3.63) is 34.9 Å². The summed E-state index contributed by atoms with van der Waals surface area (Å²) in [5, 5.41) is 3.20. The van der Waals surface area contributed by atoms with Crippen molar-refractivity contribution >= 4 is 17.5 Å². The Kier molecular flexibility index (Phi) is 4.91. The van der Waals surface area contributed by atoms with E-state index in [2.05, 4.69) is 12.2 Å². The molecule has 0 radical (unpaired) electrons. The summed E-state index contributed by atoms with van der Waals surface area (Å²) in [5.41, 5.74) is 0.750. The van der Waals surface area contributed by atoms with Crippen molar-refractivity contribution in [2.75, 3.05) is 13.2 Å². The summed E-state index contributed by atoms with van der Waals surface area (Å²) in [6, 6.07) is 5.70. The number of nitrogens with one attached hydrogen (secondary N) is 1. The van der Waals surface area contributed by atoms with Gasteiger partial charge in [-0.3, -0.25) is 4.79 Å². The first kappa shape index (κ1) is 14.0. The summed E-state index contributed by atoms with van der Waals surface area (Å²) in [6.07, 6.45) is 4.10. The predicted molar refractivity (Wildman–Crippen MR) is 78.8 cm³/mol. The van der Waals surface area contributed by atoms with Crippen LogP contribution in [0, 0.1) is 0 Å². The molecule has 1 aromatic carbocycles. The number of thioether (sulfide) groups is 1. The Balaban J connectivity index is 2.08. The number of unbranched alkanes of at least 4 members (excludes halogenated alkanes) is 1. The molecule has 0 saturated heterocycles. The molecule has 1 N–H and O–H groups in total. The standard InChI is InChI=1S/C15H19NO2S/c1-3-5-8-16-10-14-15(17)12-9-11(18-4-2)6-7-13(12)19-14/h6-7,9-10,16H,3-5,8H2,1-2H3. The molecule has 0 aliphatic carbocycles. The van der Waals surface area contributed by atoms with Crippen molar-refractivity contribution in [1.82, 2.24) is 5.32 Å². The number of benzene rings is 1. The number of fused-ring (bicyclic) bond motifs is 1. The summed E-state index contributed by atoms with van der Waals surface area (Å²) in [6.45, 7) is 5.61. The first-order chi connectivity index (χ1) is 9.26. The van der Waals surface area contributed by atoms with Gasteiger partial charge in [0, 0.05) is 23.2 Å². The molecule has 1 aliphatic rings. The molecule has 0 amide bonds. The molecule has 102 valence electrons. The maximum absolute atomic E-state index is 12.2. The van der Waals surface area contributed by atoms with Crippen molar-refractivity contribution < 1.29 is 9.53 Å². The number of carbonyl (C=O) groups excluding carboxylic acids is 1. The molecule has 4 heteroatoms. The van der Waals surface area contributed by atoms with E-state index in [4.69, 9.17) is 4.74 Å². The predicted octanol–water partition coefficient (Wildman–Crippen LogP) is 3.60. The molecule has 0 saturated carbocycles. The molecule has 1 heterocycles. The quantitative estimate of drug-likeness (QED) is 0.637. The largest absolute Gasteiger partial charge is 0.494 e. The van der Waals surface area contributed by atoms with Crippen LogP contribution >= 0.6 is 11.8 Å². The maximum Gasteiger partial charge on any atom is 0.202 e. The first-order valence-electron chi connectivity index (χ1n) is 6.69. The lowest BCUT2D eigenvalue weighted by molar-refractivity contribution is 0.104. The number of rotatable bonds is 6. The summed E-state index contributed by atoms with van der Waals surface area (Å²) >= 11 is 1.52. The summed E-state index contributed by atoms with van der Waals surface area (Å²) in [4.78, 5) is 14.0. The zero-order valence-corrected chi connectivity index (χ0v) is 12.2. The first-order valence-corrected chi connectivity index (χ1v) is 7.50. The molecule has 19 heavy (non-hydrogen) atoms. The van der Waals surface area contributed by atoms with Gasteiger partial charge in [0.15, 0.2) is 0 Å². The van der Waals surface area contributed by atoms with Crippen LogP contribution in [0.4, 0.5) is 0 Å². The Morgan fingerprint density at radius 1 is 1.37 bits per heavy atom. The van der Waals surface area contributed by atoms with Crippen LogP contribution in [0.25, 0.3) is 0 Å². The van der Waals surface area contributed by atoms with Crippen LogP contribution in [0.2, 0.25) is 0 Å². The molecule has 3 nitrogen and oxygen atoms in total. The minimum absolute atomic E-state index is 0.0885. The van der Waals surface area contributed by atoms with Gasteiger partial charge in [-0.2, -0.15) is 0 Å². The molecule has 1 aliphatic heterocycles. The van der Waals surface area contributed by atoms with E-state index >= 15 is 0 Å². The normalized spacial score (nSPS) is 15.7. The lowest BCUT2D eigenvalue weighted by Crippen LogP contribution is -2.08. The van der Waals surface area contributed by atoms with Crippen molar-refractivity contribution in [3.8, 4) is 5.75 Å². The van der Waals surface area contributed by atoms with Gasteiger partial charge in [0.1, 0.15) is 5.75 Å². The van der Waals surface area contributed by atoms with E-state index in [0.29, 0.717) is 6.61 Å². The highest BCUT2D eigenvalue weighted by Gasteiger charge is 2.26. The topological polar surface area (TPSA) is 38.3 Å². The Labute approximate surface area is 118 Å². The van der Waals surface area contributed by atoms with Gasteiger partial charge in [0.05, 0.1) is 11.5 Å². The number of hydrogen-bond donors (Lipinski definition) is 1. The molecule has 1 aromatic rings. The third-order valence-corrected chi connectivity index (χ3v) is 3.96.